The predicted octanol–water partition coefficient (Wildman–Crippen LogP) is 4.26. The molecule has 0 spiro atoms. The van der Waals surface area contributed by atoms with Crippen LogP contribution in [0.15, 0.2) is 59.1 Å². The van der Waals surface area contributed by atoms with Crippen molar-refractivity contribution in [1.82, 2.24) is 5.32 Å². The molecular weight excluding hydrogens is 314 g/mol. The summed E-state index contributed by atoms with van der Waals surface area (Å²) in [6.45, 7) is 2.01. The molecule has 1 N–H and O–H groups in total. The van der Waals surface area contributed by atoms with Crippen LogP contribution in [0.5, 0.6) is 0 Å². The normalized spacial score (nSPS) is 11.9. The second-order valence-corrected chi connectivity index (χ2v) is 5.75. The van der Waals surface area contributed by atoms with E-state index in [0.29, 0.717) is 6.42 Å². The highest BCUT2D eigenvalue weighted by atomic mass is 79.9. The molecule has 3 heteroatoms. The minimum Gasteiger partial charge on any atom is -0.350 e. The molecule has 2 aromatic rings. The van der Waals surface area contributed by atoms with Crippen molar-refractivity contribution in [3.05, 3.63) is 70.2 Å². The molecule has 1 atom stereocenters. The van der Waals surface area contributed by atoms with E-state index in [-0.39, 0.29) is 11.9 Å². The number of amides is 1. The molecule has 0 aliphatic rings. The Morgan fingerprint density at radius 3 is 2.60 bits per heavy atom. The Hall–Kier alpha value is -1.61. The fourth-order valence-electron chi connectivity index (χ4n) is 2.09. The maximum Gasteiger partial charge on any atom is 0.220 e. The fraction of sp³-hybridized carbons (Fsp3) is 0.235. The lowest BCUT2D eigenvalue weighted by Crippen LogP contribution is -2.26. The summed E-state index contributed by atoms with van der Waals surface area (Å²) < 4.78 is 1.05. The van der Waals surface area contributed by atoms with E-state index in [1.54, 1.807) is 0 Å². The fourth-order valence-corrected chi connectivity index (χ4v) is 2.54. The highest BCUT2D eigenvalue weighted by Gasteiger charge is 2.09. The van der Waals surface area contributed by atoms with Gasteiger partial charge < -0.3 is 5.32 Å². The molecule has 1 amide bonds. The summed E-state index contributed by atoms with van der Waals surface area (Å²) in [7, 11) is 0. The number of rotatable bonds is 5. The highest BCUT2D eigenvalue weighted by molar-refractivity contribution is 9.10. The molecule has 2 nitrogen and oxygen atoms in total. The van der Waals surface area contributed by atoms with Gasteiger partial charge in [-0.1, -0.05) is 58.4 Å². The molecule has 0 aliphatic heterocycles. The quantitative estimate of drug-likeness (QED) is 0.871. The van der Waals surface area contributed by atoms with Gasteiger partial charge in [-0.15, -0.1) is 0 Å². The van der Waals surface area contributed by atoms with E-state index < -0.39 is 0 Å². The molecule has 0 bridgehead atoms. The average Bonchev–Trinajstić information content (AvgIpc) is 2.46. The highest BCUT2D eigenvalue weighted by Crippen LogP contribution is 2.14. The van der Waals surface area contributed by atoms with Crippen LogP contribution < -0.4 is 5.32 Å². The zero-order chi connectivity index (χ0) is 14.4. The average molecular weight is 332 g/mol. The maximum absolute atomic E-state index is 12.0. The molecule has 2 rings (SSSR count). The molecule has 0 aromatic heterocycles. The monoisotopic (exact) mass is 331 g/mol. The molecule has 0 fully saturated rings. The van der Waals surface area contributed by atoms with Gasteiger partial charge in [-0.05, 0) is 36.6 Å². The van der Waals surface area contributed by atoms with Crippen molar-refractivity contribution in [2.24, 2.45) is 0 Å². The van der Waals surface area contributed by atoms with Gasteiger partial charge in [0.1, 0.15) is 0 Å². The van der Waals surface area contributed by atoms with Crippen LogP contribution in [-0.2, 0) is 11.2 Å². The largest absolute Gasteiger partial charge is 0.350 e. The number of carbonyl (C=O) groups excluding carboxylic acids is 1. The van der Waals surface area contributed by atoms with Gasteiger partial charge in [0.2, 0.25) is 5.91 Å². The third-order valence-electron chi connectivity index (χ3n) is 3.21. The molecule has 0 saturated heterocycles. The Kier molecular flexibility index (Phi) is 5.36. The molecule has 104 valence electrons. The summed E-state index contributed by atoms with van der Waals surface area (Å²) in [6, 6.07) is 18.1. The minimum atomic E-state index is 0.0474. The summed E-state index contributed by atoms with van der Waals surface area (Å²) in [5, 5.41) is 3.03. The number of nitrogens with one attached hydrogen (secondary N) is 1. The van der Waals surface area contributed by atoms with E-state index in [4.69, 9.17) is 0 Å². The molecule has 0 heterocycles. The number of benzene rings is 2. The molecule has 0 saturated carbocycles. The van der Waals surface area contributed by atoms with E-state index in [2.05, 4.69) is 21.2 Å². The summed E-state index contributed by atoms with van der Waals surface area (Å²) >= 11 is 3.44. The van der Waals surface area contributed by atoms with Crippen LogP contribution in [0.3, 0.4) is 0 Å². The smallest absolute Gasteiger partial charge is 0.220 e. The van der Waals surface area contributed by atoms with Crippen molar-refractivity contribution in [1.29, 1.82) is 0 Å². The SMILES string of the molecule is CC(NC(=O)CCc1cccc(Br)c1)c1ccccc1. The van der Waals surface area contributed by atoms with E-state index in [1.807, 2.05) is 61.5 Å². The Labute approximate surface area is 128 Å². The first-order valence-corrected chi connectivity index (χ1v) is 7.53. The van der Waals surface area contributed by atoms with Crippen molar-refractivity contribution in [2.75, 3.05) is 0 Å². The molecule has 0 radical (unpaired) electrons. The standard InChI is InChI=1S/C17H18BrNO/c1-13(15-7-3-2-4-8-15)19-17(20)11-10-14-6-5-9-16(18)12-14/h2-9,12-13H,10-11H2,1H3,(H,19,20). The van der Waals surface area contributed by atoms with Gasteiger partial charge in [-0.25, -0.2) is 0 Å². The first kappa shape index (κ1) is 14.8. The van der Waals surface area contributed by atoms with E-state index in [0.717, 1.165) is 16.5 Å². The third kappa shape index (κ3) is 4.49. The molecular formula is C17H18BrNO. The number of carbonyl (C=O) groups is 1. The van der Waals surface area contributed by atoms with Gasteiger partial charge in [0.05, 0.1) is 6.04 Å². The van der Waals surface area contributed by atoms with Gasteiger partial charge >= 0.3 is 0 Å². The van der Waals surface area contributed by atoms with Crippen LogP contribution >= 0.6 is 15.9 Å². The summed E-state index contributed by atoms with van der Waals surface area (Å²) in [6.07, 6.45) is 1.26. The Morgan fingerprint density at radius 2 is 1.90 bits per heavy atom. The number of hydrogen-bond acceptors (Lipinski definition) is 1. The lowest BCUT2D eigenvalue weighted by molar-refractivity contribution is -0.121. The minimum absolute atomic E-state index is 0.0474. The van der Waals surface area contributed by atoms with Crippen molar-refractivity contribution < 1.29 is 4.79 Å². The second kappa shape index (κ2) is 7.25. The summed E-state index contributed by atoms with van der Waals surface area (Å²) in [5.41, 5.74) is 2.30. The first-order chi connectivity index (χ1) is 9.65. The first-order valence-electron chi connectivity index (χ1n) is 6.74. The third-order valence-corrected chi connectivity index (χ3v) is 3.70. The van der Waals surface area contributed by atoms with Gasteiger partial charge in [-0.3, -0.25) is 4.79 Å². The number of halogens is 1. The van der Waals surface area contributed by atoms with Gasteiger partial charge in [-0.2, -0.15) is 0 Å². The van der Waals surface area contributed by atoms with Crippen LogP contribution in [0.25, 0.3) is 0 Å². The zero-order valence-corrected chi connectivity index (χ0v) is 13.1. The predicted molar refractivity (Wildman–Crippen MR) is 85.5 cm³/mol. The van der Waals surface area contributed by atoms with Gasteiger partial charge in [0, 0.05) is 10.9 Å². The van der Waals surface area contributed by atoms with Gasteiger partial charge in [0.25, 0.3) is 0 Å². The van der Waals surface area contributed by atoms with Crippen molar-refractivity contribution in [3.8, 4) is 0 Å². The number of hydrogen-bond donors (Lipinski definition) is 1. The Balaban J connectivity index is 1.84. The number of aryl methyl sites for hydroxylation is 1. The van der Waals surface area contributed by atoms with Crippen LogP contribution in [0.4, 0.5) is 0 Å². The van der Waals surface area contributed by atoms with E-state index >= 15 is 0 Å². The van der Waals surface area contributed by atoms with E-state index in [9.17, 15) is 4.79 Å². The second-order valence-electron chi connectivity index (χ2n) is 4.83. The van der Waals surface area contributed by atoms with Crippen LogP contribution in [0, 0.1) is 0 Å². The molecule has 0 aliphatic carbocycles. The molecule has 1 unspecified atom stereocenters. The summed E-state index contributed by atoms with van der Waals surface area (Å²) in [4.78, 5) is 12.0. The van der Waals surface area contributed by atoms with Crippen molar-refractivity contribution in [2.45, 2.75) is 25.8 Å². The lowest BCUT2D eigenvalue weighted by atomic mass is 10.1. The summed E-state index contributed by atoms with van der Waals surface area (Å²) in [5.74, 6) is 0.0846. The van der Waals surface area contributed by atoms with Crippen LogP contribution in [0.2, 0.25) is 0 Å². The van der Waals surface area contributed by atoms with Gasteiger partial charge in [0.15, 0.2) is 0 Å². The lowest BCUT2D eigenvalue weighted by Gasteiger charge is -2.14. The van der Waals surface area contributed by atoms with E-state index in [1.165, 1.54) is 5.56 Å². The molecule has 20 heavy (non-hydrogen) atoms. The van der Waals surface area contributed by atoms with Crippen molar-refractivity contribution >= 4 is 21.8 Å². The maximum atomic E-state index is 12.0. The topological polar surface area (TPSA) is 29.1 Å². The van der Waals surface area contributed by atoms with Crippen LogP contribution in [0.1, 0.15) is 30.5 Å². The molecule has 2 aromatic carbocycles. The van der Waals surface area contributed by atoms with Crippen molar-refractivity contribution in [3.63, 3.8) is 0 Å². The zero-order valence-electron chi connectivity index (χ0n) is 11.5. The Bertz CT molecular complexity index is 568. The van der Waals surface area contributed by atoms with Crippen LogP contribution in [-0.4, -0.2) is 5.91 Å². The Morgan fingerprint density at radius 1 is 1.15 bits per heavy atom.